The van der Waals surface area contributed by atoms with Gasteiger partial charge in [-0.2, -0.15) is 0 Å². The Bertz CT molecular complexity index is 592. The number of aliphatic hydroxyl groups excluding tert-OH is 1. The topological polar surface area (TPSA) is 129 Å². The van der Waals surface area contributed by atoms with Crippen LogP contribution in [0.4, 0.5) is 0 Å². The maximum atomic E-state index is 12.1. The van der Waals surface area contributed by atoms with Gasteiger partial charge in [0.2, 0.25) is 5.91 Å². The highest BCUT2D eigenvalue weighted by Crippen LogP contribution is 2.33. The number of aliphatic hydroxyl groups is 1. The van der Waals surface area contributed by atoms with Gasteiger partial charge in [-0.05, 0) is 0 Å². The van der Waals surface area contributed by atoms with Crippen molar-refractivity contribution >= 4 is 23.8 Å². The molecule has 0 unspecified atom stereocenters. The predicted octanol–water partition coefficient (Wildman–Crippen LogP) is -1.23. The van der Waals surface area contributed by atoms with Crippen LogP contribution in [0.5, 0.6) is 0 Å². The van der Waals surface area contributed by atoms with E-state index in [0.29, 0.717) is 0 Å². The molecule has 26 heavy (non-hydrogen) atoms. The summed E-state index contributed by atoms with van der Waals surface area (Å²) in [7, 11) is 0. The van der Waals surface area contributed by atoms with E-state index in [0.717, 1.165) is 0 Å². The third-order valence-corrected chi connectivity index (χ3v) is 4.29. The van der Waals surface area contributed by atoms with Crippen molar-refractivity contribution in [3.05, 3.63) is 0 Å². The summed E-state index contributed by atoms with van der Waals surface area (Å²) < 4.78 is 21.0. The number of likely N-dealkylation sites (tertiary alicyclic amines) is 1. The van der Waals surface area contributed by atoms with Crippen LogP contribution in [0, 0.1) is 0 Å². The Balaban J connectivity index is 2.30. The molecule has 0 bridgehead atoms. The van der Waals surface area contributed by atoms with E-state index in [1.54, 1.807) is 0 Å². The minimum absolute atomic E-state index is 0.0116. The number of rotatable bonds is 4. The Hall–Kier alpha value is -2.20. The fourth-order valence-corrected chi connectivity index (χ4v) is 3.41. The van der Waals surface area contributed by atoms with E-state index in [1.807, 2.05) is 0 Å². The number of ether oxygens (including phenoxy) is 4. The van der Waals surface area contributed by atoms with E-state index >= 15 is 0 Å². The van der Waals surface area contributed by atoms with Crippen LogP contribution in [0.3, 0.4) is 0 Å². The van der Waals surface area contributed by atoms with Gasteiger partial charge in [0.1, 0.15) is 18.2 Å². The highest BCUT2D eigenvalue weighted by Gasteiger charge is 2.56. The van der Waals surface area contributed by atoms with Gasteiger partial charge in [0.25, 0.3) is 0 Å². The van der Waals surface area contributed by atoms with Crippen molar-refractivity contribution in [1.82, 2.24) is 4.90 Å². The maximum Gasteiger partial charge on any atom is 0.303 e. The molecule has 0 aliphatic carbocycles. The molecular formula is C16H23NO9. The standard InChI is InChI=1S/C16H23NO9/c1-7(18)17-5-11(24-8(2)19)15(26-10(4)21)13(17)16-14(22)12(6-23-16)25-9(3)20/h11-16,22H,5-6H2,1-4H3/t11-,12-,13+,14+,15+,16+/m0/s1. The normalized spacial score (nSPS) is 33.7. The van der Waals surface area contributed by atoms with Crippen molar-refractivity contribution in [1.29, 1.82) is 0 Å². The number of carbonyl (C=O) groups excluding carboxylic acids is 4. The smallest absolute Gasteiger partial charge is 0.303 e. The zero-order valence-corrected chi connectivity index (χ0v) is 15.0. The van der Waals surface area contributed by atoms with Gasteiger partial charge in [-0.15, -0.1) is 0 Å². The minimum atomic E-state index is -1.24. The summed E-state index contributed by atoms with van der Waals surface area (Å²) in [6.45, 7) is 4.82. The lowest BCUT2D eigenvalue weighted by Gasteiger charge is -2.32. The molecule has 10 nitrogen and oxygen atoms in total. The second kappa shape index (κ2) is 8.00. The number of hydrogen-bond donors (Lipinski definition) is 1. The van der Waals surface area contributed by atoms with Crippen LogP contribution in [0.15, 0.2) is 0 Å². The first-order valence-corrected chi connectivity index (χ1v) is 8.20. The molecule has 0 spiro atoms. The van der Waals surface area contributed by atoms with E-state index in [2.05, 4.69) is 0 Å². The Labute approximate surface area is 150 Å². The van der Waals surface area contributed by atoms with Gasteiger partial charge in [0.15, 0.2) is 18.3 Å². The molecule has 0 aromatic heterocycles. The van der Waals surface area contributed by atoms with Crippen LogP contribution in [0.2, 0.25) is 0 Å². The highest BCUT2D eigenvalue weighted by molar-refractivity contribution is 5.75. The van der Waals surface area contributed by atoms with Gasteiger partial charge in [-0.1, -0.05) is 0 Å². The van der Waals surface area contributed by atoms with Crippen molar-refractivity contribution < 1.29 is 43.2 Å². The molecular weight excluding hydrogens is 350 g/mol. The fraction of sp³-hybridized carbons (Fsp3) is 0.750. The second-order valence-corrected chi connectivity index (χ2v) is 6.32. The SMILES string of the molecule is CC(=O)O[C@H]1[C@H]([C@H]2OC[C@H](OC(C)=O)[C@H]2O)N(C(C)=O)C[C@@H]1OC(C)=O. The molecule has 10 heteroatoms. The number of nitrogens with zero attached hydrogens (tertiary/aromatic N) is 1. The molecule has 0 saturated carbocycles. The Kier molecular flexibility index (Phi) is 6.19. The molecule has 0 aromatic carbocycles. The van der Waals surface area contributed by atoms with Gasteiger partial charge in [0.05, 0.1) is 13.2 Å². The summed E-state index contributed by atoms with van der Waals surface area (Å²) in [5, 5.41) is 10.5. The minimum Gasteiger partial charge on any atom is -0.457 e. The van der Waals surface area contributed by atoms with E-state index < -0.39 is 54.5 Å². The fourth-order valence-electron chi connectivity index (χ4n) is 3.41. The lowest BCUT2D eigenvalue weighted by atomic mass is 9.98. The zero-order chi connectivity index (χ0) is 19.6. The summed E-state index contributed by atoms with van der Waals surface area (Å²) >= 11 is 0. The third-order valence-electron chi connectivity index (χ3n) is 4.29. The van der Waals surface area contributed by atoms with E-state index in [1.165, 1.54) is 32.6 Å². The molecule has 2 rings (SSSR count). The summed E-state index contributed by atoms with van der Waals surface area (Å²) in [5.41, 5.74) is 0. The third kappa shape index (κ3) is 4.31. The number of esters is 3. The number of amides is 1. The summed E-state index contributed by atoms with van der Waals surface area (Å²) in [6, 6.07) is -0.892. The van der Waals surface area contributed by atoms with Gasteiger partial charge in [0, 0.05) is 27.7 Å². The van der Waals surface area contributed by atoms with Gasteiger partial charge in [-0.3, -0.25) is 19.2 Å². The highest BCUT2D eigenvalue weighted by atomic mass is 16.6. The molecule has 2 heterocycles. The first kappa shape index (κ1) is 20.1. The summed E-state index contributed by atoms with van der Waals surface area (Å²) in [5.74, 6) is -2.18. The molecule has 2 aliphatic heterocycles. The quantitative estimate of drug-likeness (QED) is 0.476. The van der Waals surface area contributed by atoms with Crippen molar-refractivity contribution in [2.45, 2.75) is 64.3 Å². The van der Waals surface area contributed by atoms with Crippen LogP contribution in [0.1, 0.15) is 27.7 Å². The molecule has 2 saturated heterocycles. The van der Waals surface area contributed by atoms with E-state index in [9.17, 15) is 24.3 Å². The van der Waals surface area contributed by atoms with Crippen LogP contribution in [-0.2, 0) is 38.1 Å². The second-order valence-electron chi connectivity index (χ2n) is 6.32. The van der Waals surface area contributed by atoms with E-state index in [4.69, 9.17) is 18.9 Å². The maximum absolute atomic E-state index is 12.1. The van der Waals surface area contributed by atoms with Crippen molar-refractivity contribution in [2.75, 3.05) is 13.2 Å². The van der Waals surface area contributed by atoms with E-state index in [-0.39, 0.29) is 19.1 Å². The molecule has 0 aromatic rings. The molecule has 2 fully saturated rings. The zero-order valence-electron chi connectivity index (χ0n) is 15.0. The molecule has 1 amide bonds. The monoisotopic (exact) mass is 373 g/mol. The van der Waals surface area contributed by atoms with Crippen molar-refractivity contribution in [3.63, 3.8) is 0 Å². The average Bonchev–Trinajstić information content (AvgIpc) is 3.00. The number of hydrogen-bond acceptors (Lipinski definition) is 9. The Morgan fingerprint density at radius 2 is 1.46 bits per heavy atom. The van der Waals surface area contributed by atoms with Gasteiger partial charge >= 0.3 is 17.9 Å². The molecule has 1 N–H and O–H groups in total. The van der Waals surface area contributed by atoms with Gasteiger partial charge in [-0.25, -0.2) is 0 Å². The Morgan fingerprint density at radius 1 is 0.923 bits per heavy atom. The van der Waals surface area contributed by atoms with Crippen molar-refractivity contribution in [3.8, 4) is 0 Å². The van der Waals surface area contributed by atoms with Gasteiger partial charge < -0.3 is 29.0 Å². The van der Waals surface area contributed by atoms with Crippen molar-refractivity contribution in [2.24, 2.45) is 0 Å². The lowest BCUT2D eigenvalue weighted by Crippen LogP contribution is -2.53. The lowest BCUT2D eigenvalue weighted by molar-refractivity contribution is -0.166. The molecule has 146 valence electrons. The van der Waals surface area contributed by atoms with Crippen LogP contribution >= 0.6 is 0 Å². The first-order valence-electron chi connectivity index (χ1n) is 8.20. The first-order chi connectivity index (χ1) is 12.1. The molecule has 2 aliphatic rings. The largest absolute Gasteiger partial charge is 0.457 e. The number of carbonyl (C=O) groups is 4. The summed E-state index contributed by atoms with van der Waals surface area (Å²) in [6.07, 6.45) is -5.03. The predicted molar refractivity (Wildman–Crippen MR) is 83.6 cm³/mol. The molecule has 6 atom stereocenters. The average molecular weight is 373 g/mol. The molecule has 0 radical (unpaired) electrons. The van der Waals surface area contributed by atoms with Crippen LogP contribution in [0.25, 0.3) is 0 Å². The van der Waals surface area contributed by atoms with Crippen LogP contribution < -0.4 is 0 Å². The summed E-state index contributed by atoms with van der Waals surface area (Å²) in [4.78, 5) is 47.4. The van der Waals surface area contributed by atoms with Crippen LogP contribution in [-0.4, -0.2) is 83.5 Å². The Morgan fingerprint density at radius 3 is 1.96 bits per heavy atom.